The summed E-state index contributed by atoms with van der Waals surface area (Å²) >= 11 is 0. The van der Waals surface area contributed by atoms with E-state index in [1.54, 1.807) is 0 Å². The summed E-state index contributed by atoms with van der Waals surface area (Å²) in [6.07, 6.45) is 5.72. The average Bonchev–Trinajstić information content (AvgIpc) is 3.17. The van der Waals surface area contributed by atoms with E-state index in [0.29, 0.717) is 12.6 Å². The van der Waals surface area contributed by atoms with E-state index in [4.69, 9.17) is 9.47 Å². The third kappa shape index (κ3) is 3.23. The molecule has 4 rings (SSSR count). The van der Waals surface area contributed by atoms with E-state index in [9.17, 15) is 0 Å². The second kappa shape index (κ2) is 7.75. The molecule has 26 heavy (non-hydrogen) atoms. The van der Waals surface area contributed by atoms with Crippen molar-refractivity contribution >= 4 is 0 Å². The van der Waals surface area contributed by atoms with E-state index in [0.717, 1.165) is 30.6 Å². The van der Waals surface area contributed by atoms with Gasteiger partial charge >= 0.3 is 0 Å². The molecule has 2 aliphatic heterocycles. The van der Waals surface area contributed by atoms with E-state index >= 15 is 0 Å². The Morgan fingerprint density at radius 2 is 1.65 bits per heavy atom. The van der Waals surface area contributed by atoms with Crippen LogP contribution < -0.4 is 0 Å². The fourth-order valence-electron chi connectivity index (χ4n) is 4.29. The largest absolute Gasteiger partial charge is 0.339 e. The van der Waals surface area contributed by atoms with Gasteiger partial charge in [0, 0.05) is 23.7 Å². The van der Waals surface area contributed by atoms with Gasteiger partial charge < -0.3 is 9.47 Å². The third-order valence-electron chi connectivity index (χ3n) is 5.53. The van der Waals surface area contributed by atoms with Crippen LogP contribution in [-0.4, -0.2) is 36.7 Å². The second-order valence-electron chi connectivity index (χ2n) is 7.16. The Hall–Kier alpha value is -1.94. The van der Waals surface area contributed by atoms with Gasteiger partial charge in [0.05, 0.1) is 6.61 Å². The number of likely N-dealkylation sites (tertiary alicyclic amines) is 1. The van der Waals surface area contributed by atoms with Gasteiger partial charge in [-0.1, -0.05) is 73.2 Å². The highest BCUT2D eigenvalue weighted by molar-refractivity contribution is 5.34. The van der Waals surface area contributed by atoms with Crippen LogP contribution in [0.2, 0.25) is 0 Å². The molecule has 2 atom stereocenters. The minimum Gasteiger partial charge on any atom is -0.339 e. The predicted molar refractivity (Wildman–Crippen MR) is 104 cm³/mol. The van der Waals surface area contributed by atoms with E-state index in [1.807, 2.05) is 42.5 Å². The van der Waals surface area contributed by atoms with Crippen molar-refractivity contribution in [2.24, 2.45) is 0 Å². The van der Waals surface area contributed by atoms with Gasteiger partial charge in [0.2, 0.25) is 5.79 Å². The number of piperidine rings is 1. The van der Waals surface area contributed by atoms with Gasteiger partial charge in [-0.05, 0) is 19.4 Å². The highest BCUT2D eigenvalue weighted by Gasteiger charge is 2.48. The number of hydrogen-bond donors (Lipinski definition) is 0. The van der Waals surface area contributed by atoms with E-state index in [1.165, 1.54) is 12.8 Å². The zero-order valence-electron chi connectivity index (χ0n) is 15.2. The number of hydrogen-bond acceptors (Lipinski definition) is 3. The van der Waals surface area contributed by atoms with Crippen molar-refractivity contribution < 1.29 is 9.47 Å². The van der Waals surface area contributed by atoms with Crippen molar-refractivity contribution in [3.8, 4) is 0 Å². The fourth-order valence-corrected chi connectivity index (χ4v) is 4.29. The molecule has 3 nitrogen and oxygen atoms in total. The molecule has 2 saturated heterocycles. The molecule has 0 radical (unpaired) electrons. The summed E-state index contributed by atoms with van der Waals surface area (Å²) < 4.78 is 13.2. The van der Waals surface area contributed by atoms with Gasteiger partial charge in [-0.25, -0.2) is 0 Å². The molecular weight excluding hydrogens is 322 g/mol. The molecule has 2 aromatic rings. The van der Waals surface area contributed by atoms with Crippen molar-refractivity contribution in [2.45, 2.75) is 37.2 Å². The van der Waals surface area contributed by atoms with Crippen LogP contribution in [0.1, 0.15) is 30.4 Å². The van der Waals surface area contributed by atoms with Gasteiger partial charge in [-0.2, -0.15) is 0 Å². The molecule has 0 unspecified atom stereocenters. The Labute approximate surface area is 156 Å². The molecular formula is C23H27NO2. The van der Waals surface area contributed by atoms with Crippen molar-refractivity contribution in [2.75, 3.05) is 19.7 Å². The molecule has 3 heteroatoms. The van der Waals surface area contributed by atoms with Gasteiger partial charge in [0.15, 0.2) is 0 Å². The number of benzene rings is 2. The zero-order chi connectivity index (χ0) is 17.8. The lowest BCUT2D eigenvalue weighted by molar-refractivity contribution is -0.152. The first-order chi connectivity index (χ1) is 12.8. The summed E-state index contributed by atoms with van der Waals surface area (Å²) in [5.74, 6) is -0.815. The Morgan fingerprint density at radius 3 is 2.27 bits per heavy atom. The molecule has 0 aromatic heterocycles. The lowest BCUT2D eigenvalue weighted by Gasteiger charge is -2.38. The minimum atomic E-state index is -0.815. The lowest BCUT2D eigenvalue weighted by atomic mass is 9.96. The molecule has 0 aliphatic carbocycles. The summed E-state index contributed by atoms with van der Waals surface area (Å²) in [6, 6.07) is 21.0. The molecule has 0 saturated carbocycles. The SMILES string of the molecule is C=CCN1CCCC[C@H]1[C@H]1COC(c2ccccc2)(c2ccccc2)O1. The highest BCUT2D eigenvalue weighted by atomic mass is 16.7. The molecule has 2 aromatic carbocycles. The first-order valence-corrected chi connectivity index (χ1v) is 9.61. The van der Waals surface area contributed by atoms with Crippen LogP contribution in [0.25, 0.3) is 0 Å². The lowest BCUT2D eigenvalue weighted by Crippen LogP contribution is -2.48. The molecule has 2 aliphatic rings. The maximum Gasteiger partial charge on any atom is 0.222 e. The van der Waals surface area contributed by atoms with E-state index in [-0.39, 0.29) is 6.10 Å². The second-order valence-corrected chi connectivity index (χ2v) is 7.16. The Bertz CT molecular complexity index is 676. The standard InChI is InChI=1S/C23H27NO2/c1-2-16-24-17-10-9-15-21(24)22-18-25-23(26-22,19-11-5-3-6-12-19)20-13-7-4-8-14-20/h2-8,11-14,21-22H,1,9-10,15-18H2/t21-,22+/m0/s1. The first-order valence-electron chi connectivity index (χ1n) is 9.61. The summed E-state index contributed by atoms with van der Waals surface area (Å²) in [5.41, 5.74) is 2.11. The summed E-state index contributed by atoms with van der Waals surface area (Å²) in [5, 5.41) is 0. The van der Waals surface area contributed by atoms with Crippen LogP contribution in [0, 0.1) is 0 Å². The molecule has 0 N–H and O–H groups in total. The van der Waals surface area contributed by atoms with E-state index < -0.39 is 5.79 Å². The van der Waals surface area contributed by atoms with Crippen LogP contribution in [0.3, 0.4) is 0 Å². The summed E-state index contributed by atoms with van der Waals surface area (Å²) in [4.78, 5) is 2.50. The molecule has 0 amide bonds. The Balaban J connectivity index is 1.66. The summed E-state index contributed by atoms with van der Waals surface area (Å²) in [7, 11) is 0. The zero-order valence-corrected chi connectivity index (χ0v) is 15.2. The Kier molecular flexibility index (Phi) is 5.21. The monoisotopic (exact) mass is 349 g/mol. The molecule has 2 heterocycles. The van der Waals surface area contributed by atoms with E-state index in [2.05, 4.69) is 35.7 Å². The first kappa shape index (κ1) is 17.5. The highest BCUT2D eigenvalue weighted by Crippen LogP contribution is 2.42. The molecule has 136 valence electrons. The average molecular weight is 349 g/mol. The van der Waals surface area contributed by atoms with Crippen LogP contribution >= 0.6 is 0 Å². The van der Waals surface area contributed by atoms with Crippen LogP contribution in [0.15, 0.2) is 73.3 Å². The maximum atomic E-state index is 6.74. The van der Waals surface area contributed by atoms with Crippen molar-refractivity contribution in [3.63, 3.8) is 0 Å². The number of nitrogens with zero attached hydrogens (tertiary/aromatic N) is 1. The predicted octanol–water partition coefficient (Wildman–Crippen LogP) is 4.34. The van der Waals surface area contributed by atoms with Crippen molar-refractivity contribution in [1.29, 1.82) is 0 Å². The quantitative estimate of drug-likeness (QED) is 0.750. The van der Waals surface area contributed by atoms with Gasteiger partial charge in [-0.15, -0.1) is 6.58 Å². The number of rotatable bonds is 5. The van der Waals surface area contributed by atoms with Crippen LogP contribution in [0.5, 0.6) is 0 Å². The van der Waals surface area contributed by atoms with Crippen molar-refractivity contribution in [1.82, 2.24) is 4.90 Å². The Morgan fingerprint density at radius 1 is 1.00 bits per heavy atom. The van der Waals surface area contributed by atoms with Gasteiger partial charge in [0.1, 0.15) is 6.10 Å². The van der Waals surface area contributed by atoms with Crippen LogP contribution in [0.4, 0.5) is 0 Å². The molecule has 0 spiro atoms. The van der Waals surface area contributed by atoms with Crippen LogP contribution in [-0.2, 0) is 15.3 Å². The molecule has 2 fully saturated rings. The van der Waals surface area contributed by atoms with Gasteiger partial charge in [0.25, 0.3) is 0 Å². The third-order valence-corrected chi connectivity index (χ3v) is 5.53. The summed E-state index contributed by atoms with van der Waals surface area (Å²) in [6.45, 7) is 6.56. The smallest absolute Gasteiger partial charge is 0.222 e. The topological polar surface area (TPSA) is 21.7 Å². The van der Waals surface area contributed by atoms with Crippen molar-refractivity contribution in [3.05, 3.63) is 84.4 Å². The fraction of sp³-hybridized carbons (Fsp3) is 0.391. The normalized spacial score (nSPS) is 25.8. The number of ether oxygens (including phenoxy) is 2. The maximum absolute atomic E-state index is 6.74. The molecule has 0 bridgehead atoms. The van der Waals surface area contributed by atoms with Gasteiger partial charge in [-0.3, -0.25) is 4.90 Å². The minimum absolute atomic E-state index is 0.0654.